The average molecular weight is 334 g/mol. The number of nitrogens with one attached hydrogen (secondary N) is 1. The molecule has 0 radical (unpaired) electrons. The number of rotatable bonds is 5. The lowest BCUT2D eigenvalue weighted by Crippen LogP contribution is -2.30. The summed E-state index contributed by atoms with van der Waals surface area (Å²) in [6, 6.07) is 10.8. The van der Waals surface area contributed by atoms with Crippen LogP contribution < -0.4 is 14.8 Å². The fourth-order valence-electron chi connectivity index (χ4n) is 2.03. The van der Waals surface area contributed by atoms with Crippen LogP contribution >= 0.6 is 11.6 Å². The first-order valence-electron chi connectivity index (χ1n) is 7.29. The van der Waals surface area contributed by atoms with Gasteiger partial charge in [0.25, 0.3) is 5.91 Å². The Bertz CT molecular complexity index is 715. The van der Waals surface area contributed by atoms with Gasteiger partial charge in [0.05, 0.1) is 12.1 Å². The minimum atomic E-state index is -0.627. The Morgan fingerprint density at radius 2 is 1.87 bits per heavy atom. The average Bonchev–Trinajstić information content (AvgIpc) is 2.51. The van der Waals surface area contributed by atoms with Gasteiger partial charge < -0.3 is 14.8 Å². The molecule has 0 spiro atoms. The third-order valence-electron chi connectivity index (χ3n) is 3.58. The van der Waals surface area contributed by atoms with Crippen LogP contribution in [-0.4, -0.2) is 19.1 Å². The maximum absolute atomic E-state index is 12.2. The Kier molecular flexibility index (Phi) is 5.50. The lowest BCUT2D eigenvalue weighted by Gasteiger charge is -2.16. The molecule has 4 nitrogen and oxygen atoms in total. The lowest BCUT2D eigenvalue weighted by molar-refractivity contribution is -0.122. The van der Waals surface area contributed by atoms with Crippen LogP contribution in [0.4, 0.5) is 5.69 Å². The second kappa shape index (κ2) is 7.38. The number of methoxy groups -OCH3 is 1. The summed E-state index contributed by atoms with van der Waals surface area (Å²) < 4.78 is 10.8. The molecular formula is C18H20ClNO3. The molecule has 1 amide bonds. The zero-order chi connectivity index (χ0) is 17.0. The van der Waals surface area contributed by atoms with Crippen molar-refractivity contribution in [1.82, 2.24) is 0 Å². The molecule has 0 fully saturated rings. The first-order chi connectivity index (χ1) is 10.9. The summed E-state index contributed by atoms with van der Waals surface area (Å²) >= 11 is 6.05. The summed E-state index contributed by atoms with van der Waals surface area (Å²) in [4.78, 5) is 12.2. The highest BCUT2D eigenvalue weighted by molar-refractivity contribution is 6.32. The van der Waals surface area contributed by atoms with Gasteiger partial charge in [0.1, 0.15) is 11.5 Å². The highest BCUT2D eigenvalue weighted by Gasteiger charge is 2.15. The lowest BCUT2D eigenvalue weighted by atomic mass is 10.1. The van der Waals surface area contributed by atoms with E-state index in [0.29, 0.717) is 22.2 Å². The fourth-order valence-corrected chi connectivity index (χ4v) is 2.29. The molecular weight excluding hydrogens is 314 g/mol. The van der Waals surface area contributed by atoms with Crippen molar-refractivity contribution in [3.63, 3.8) is 0 Å². The summed E-state index contributed by atoms with van der Waals surface area (Å²) in [7, 11) is 1.54. The molecule has 0 heterocycles. The molecule has 23 heavy (non-hydrogen) atoms. The second-order valence-corrected chi connectivity index (χ2v) is 5.75. The van der Waals surface area contributed by atoms with Gasteiger partial charge in [-0.05, 0) is 62.2 Å². The van der Waals surface area contributed by atoms with Crippen LogP contribution in [0.25, 0.3) is 0 Å². The number of amides is 1. The van der Waals surface area contributed by atoms with Crippen molar-refractivity contribution in [2.24, 2.45) is 0 Å². The molecule has 122 valence electrons. The quantitative estimate of drug-likeness (QED) is 0.883. The zero-order valence-electron chi connectivity index (χ0n) is 13.6. The van der Waals surface area contributed by atoms with E-state index in [9.17, 15) is 4.79 Å². The van der Waals surface area contributed by atoms with E-state index >= 15 is 0 Å². The molecule has 0 aliphatic rings. The van der Waals surface area contributed by atoms with Crippen molar-refractivity contribution in [2.45, 2.75) is 26.9 Å². The normalized spacial score (nSPS) is 11.7. The number of carbonyl (C=O) groups is 1. The number of halogens is 1. The molecule has 5 heteroatoms. The summed E-state index contributed by atoms with van der Waals surface area (Å²) in [6.07, 6.45) is -0.627. The Morgan fingerprint density at radius 1 is 1.13 bits per heavy atom. The highest BCUT2D eigenvalue weighted by Crippen LogP contribution is 2.27. The van der Waals surface area contributed by atoms with Crippen LogP contribution in [0.3, 0.4) is 0 Å². The molecule has 1 atom stereocenters. The van der Waals surface area contributed by atoms with Crippen molar-refractivity contribution < 1.29 is 14.3 Å². The van der Waals surface area contributed by atoms with Crippen molar-refractivity contribution >= 4 is 23.2 Å². The number of hydrogen-bond acceptors (Lipinski definition) is 3. The smallest absolute Gasteiger partial charge is 0.265 e. The molecule has 2 aromatic rings. The van der Waals surface area contributed by atoms with E-state index in [0.717, 1.165) is 5.56 Å². The highest BCUT2D eigenvalue weighted by atomic mass is 35.5. The van der Waals surface area contributed by atoms with Crippen LogP contribution in [0.1, 0.15) is 18.1 Å². The van der Waals surface area contributed by atoms with Gasteiger partial charge in [-0.3, -0.25) is 4.79 Å². The van der Waals surface area contributed by atoms with E-state index < -0.39 is 6.10 Å². The number of aryl methyl sites for hydroxylation is 2. The predicted molar refractivity (Wildman–Crippen MR) is 92.6 cm³/mol. The number of ether oxygens (including phenoxy) is 2. The van der Waals surface area contributed by atoms with Gasteiger partial charge in [-0.15, -0.1) is 0 Å². The third-order valence-corrected chi connectivity index (χ3v) is 3.88. The second-order valence-electron chi connectivity index (χ2n) is 5.34. The molecule has 0 bridgehead atoms. The van der Waals surface area contributed by atoms with Crippen LogP contribution in [0.15, 0.2) is 36.4 Å². The molecule has 0 unspecified atom stereocenters. The summed E-state index contributed by atoms with van der Waals surface area (Å²) in [5.41, 5.74) is 2.90. The van der Waals surface area contributed by atoms with Crippen LogP contribution in [0, 0.1) is 13.8 Å². The molecule has 0 aromatic heterocycles. The Hall–Kier alpha value is -2.20. The van der Waals surface area contributed by atoms with E-state index in [2.05, 4.69) is 5.32 Å². The number of benzene rings is 2. The van der Waals surface area contributed by atoms with E-state index in [1.54, 1.807) is 32.2 Å². The van der Waals surface area contributed by atoms with Crippen molar-refractivity contribution in [2.75, 3.05) is 12.4 Å². The Balaban J connectivity index is 2.02. The fraction of sp³-hybridized carbons (Fsp3) is 0.278. The largest absolute Gasteiger partial charge is 0.495 e. The molecule has 1 N–H and O–H groups in total. The van der Waals surface area contributed by atoms with Gasteiger partial charge in [-0.2, -0.15) is 0 Å². The molecule has 2 aromatic carbocycles. The molecule has 2 rings (SSSR count). The van der Waals surface area contributed by atoms with E-state index in [1.807, 2.05) is 32.0 Å². The minimum absolute atomic E-state index is 0.246. The van der Waals surface area contributed by atoms with Crippen molar-refractivity contribution in [1.29, 1.82) is 0 Å². The summed E-state index contributed by atoms with van der Waals surface area (Å²) in [5, 5.41) is 3.21. The van der Waals surface area contributed by atoms with E-state index in [-0.39, 0.29) is 5.91 Å². The van der Waals surface area contributed by atoms with E-state index in [1.165, 1.54) is 5.56 Å². The molecule has 0 saturated carbocycles. The van der Waals surface area contributed by atoms with Gasteiger partial charge in [0.2, 0.25) is 0 Å². The van der Waals surface area contributed by atoms with Crippen LogP contribution in [-0.2, 0) is 4.79 Å². The molecule has 0 aliphatic carbocycles. The van der Waals surface area contributed by atoms with Gasteiger partial charge in [-0.1, -0.05) is 17.7 Å². The van der Waals surface area contributed by atoms with Crippen molar-refractivity contribution in [3.8, 4) is 11.5 Å². The zero-order valence-corrected chi connectivity index (χ0v) is 14.4. The maximum atomic E-state index is 12.2. The Labute approximate surface area is 141 Å². The SMILES string of the molecule is COc1ccc(NC(=O)[C@@H](C)Oc2ccc(C)c(C)c2)cc1Cl. The monoisotopic (exact) mass is 333 g/mol. The predicted octanol–water partition coefficient (Wildman–Crippen LogP) is 4.37. The number of anilines is 1. The van der Waals surface area contributed by atoms with Crippen LogP contribution in [0.2, 0.25) is 5.02 Å². The first-order valence-corrected chi connectivity index (χ1v) is 7.67. The van der Waals surface area contributed by atoms with Crippen molar-refractivity contribution in [3.05, 3.63) is 52.5 Å². The first kappa shape index (κ1) is 17.2. The van der Waals surface area contributed by atoms with Gasteiger partial charge in [0, 0.05) is 5.69 Å². The van der Waals surface area contributed by atoms with E-state index in [4.69, 9.17) is 21.1 Å². The summed E-state index contributed by atoms with van der Waals surface area (Å²) in [5.74, 6) is 0.983. The Morgan fingerprint density at radius 3 is 2.48 bits per heavy atom. The topological polar surface area (TPSA) is 47.6 Å². The third kappa shape index (κ3) is 4.39. The van der Waals surface area contributed by atoms with Gasteiger partial charge >= 0.3 is 0 Å². The maximum Gasteiger partial charge on any atom is 0.265 e. The number of carbonyl (C=O) groups excluding carboxylic acids is 1. The molecule has 0 saturated heterocycles. The standard InChI is InChI=1S/C18H20ClNO3/c1-11-5-7-15(9-12(11)2)23-13(3)18(21)20-14-6-8-17(22-4)16(19)10-14/h5-10,13H,1-4H3,(H,20,21)/t13-/m1/s1. The number of hydrogen-bond donors (Lipinski definition) is 1. The minimum Gasteiger partial charge on any atom is -0.495 e. The summed E-state index contributed by atoms with van der Waals surface area (Å²) in [6.45, 7) is 5.74. The molecule has 0 aliphatic heterocycles. The van der Waals surface area contributed by atoms with Gasteiger partial charge in [0.15, 0.2) is 6.10 Å². The van der Waals surface area contributed by atoms with Crippen LogP contribution in [0.5, 0.6) is 11.5 Å². The van der Waals surface area contributed by atoms with Gasteiger partial charge in [-0.25, -0.2) is 0 Å².